The van der Waals surface area contributed by atoms with E-state index in [1.54, 1.807) is 10.9 Å². The topological polar surface area (TPSA) is 47.4 Å². The number of aromatic nitrogens is 2. The van der Waals surface area contributed by atoms with Gasteiger partial charge in [0, 0.05) is 19.3 Å². The average molecular weight is 299 g/mol. The molecule has 0 aliphatic carbocycles. The molecule has 1 aliphatic rings. The minimum absolute atomic E-state index is 0.0138. The molecule has 1 saturated heterocycles. The first kappa shape index (κ1) is 14.8. The van der Waals surface area contributed by atoms with Gasteiger partial charge in [-0.2, -0.15) is 5.10 Å². The van der Waals surface area contributed by atoms with Crippen LogP contribution < -0.4 is 0 Å². The number of nitrogens with zero attached hydrogens (tertiary/aromatic N) is 3. The highest BCUT2D eigenvalue weighted by atomic mass is 16.5. The van der Waals surface area contributed by atoms with E-state index in [2.05, 4.69) is 5.10 Å². The quantitative estimate of drug-likeness (QED) is 0.855. The maximum atomic E-state index is 12.8. The van der Waals surface area contributed by atoms with Crippen LogP contribution in [0.3, 0.4) is 0 Å². The van der Waals surface area contributed by atoms with Gasteiger partial charge in [-0.15, -0.1) is 0 Å². The zero-order chi connectivity index (χ0) is 15.7. The lowest BCUT2D eigenvalue weighted by Crippen LogP contribution is -2.46. The first-order valence-corrected chi connectivity index (χ1v) is 7.54. The van der Waals surface area contributed by atoms with E-state index >= 15 is 0 Å². The summed E-state index contributed by atoms with van der Waals surface area (Å²) in [4.78, 5) is 14.6. The molecule has 0 spiro atoms. The SMILES string of the molecule is Cc1c(C(=O)N2CC(C)OC(c3ccccc3)C2)cnn1C. The van der Waals surface area contributed by atoms with Crippen molar-refractivity contribution >= 4 is 5.91 Å². The monoisotopic (exact) mass is 299 g/mol. The van der Waals surface area contributed by atoms with Gasteiger partial charge in [0.15, 0.2) is 0 Å². The Hall–Kier alpha value is -2.14. The van der Waals surface area contributed by atoms with E-state index < -0.39 is 0 Å². The summed E-state index contributed by atoms with van der Waals surface area (Å²) in [5.74, 6) is 0.0293. The second-order valence-electron chi connectivity index (χ2n) is 5.82. The van der Waals surface area contributed by atoms with Crippen LogP contribution in [0.4, 0.5) is 0 Å². The van der Waals surface area contributed by atoms with Crippen LogP contribution in [0.15, 0.2) is 36.5 Å². The Morgan fingerprint density at radius 2 is 2.00 bits per heavy atom. The van der Waals surface area contributed by atoms with E-state index in [1.165, 1.54) is 0 Å². The Morgan fingerprint density at radius 1 is 1.27 bits per heavy atom. The summed E-state index contributed by atoms with van der Waals surface area (Å²) in [5, 5.41) is 4.17. The van der Waals surface area contributed by atoms with E-state index in [-0.39, 0.29) is 18.1 Å². The largest absolute Gasteiger partial charge is 0.367 e. The number of benzene rings is 1. The molecule has 116 valence electrons. The van der Waals surface area contributed by atoms with Crippen molar-refractivity contribution in [3.63, 3.8) is 0 Å². The number of hydrogen-bond acceptors (Lipinski definition) is 3. The maximum absolute atomic E-state index is 12.8. The first-order chi connectivity index (χ1) is 10.6. The van der Waals surface area contributed by atoms with E-state index in [0.29, 0.717) is 18.7 Å². The van der Waals surface area contributed by atoms with Gasteiger partial charge in [0.2, 0.25) is 0 Å². The number of amides is 1. The van der Waals surface area contributed by atoms with Gasteiger partial charge in [0.1, 0.15) is 6.10 Å². The molecule has 5 heteroatoms. The Bertz CT molecular complexity index is 666. The molecule has 2 atom stereocenters. The van der Waals surface area contributed by atoms with Crippen LogP contribution in [-0.2, 0) is 11.8 Å². The van der Waals surface area contributed by atoms with Crippen molar-refractivity contribution in [2.45, 2.75) is 26.1 Å². The normalized spacial score (nSPS) is 21.9. The summed E-state index contributed by atoms with van der Waals surface area (Å²) in [7, 11) is 1.85. The standard InChI is InChI=1S/C17H21N3O2/c1-12-10-20(17(21)15-9-18-19(3)13(15)2)11-16(22-12)14-7-5-4-6-8-14/h4-9,12,16H,10-11H2,1-3H3. The molecule has 5 nitrogen and oxygen atoms in total. The predicted molar refractivity (Wildman–Crippen MR) is 83.6 cm³/mol. The van der Waals surface area contributed by atoms with Gasteiger partial charge in [-0.05, 0) is 19.4 Å². The highest BCUT2D eigenvalue weighted by Gasteiger charge is 2.31. The molecule has 0 saturated carbocycles. The Morgan fingerprint density at radius 3 is 2.64 bits per heavy atom. The summed E-state index contributed by atoms with van der Waals surface area (Å²) >= 11 is 0. The molecular formula is C17H21N3O2. The van der Waals surface area contributed by atoms with Crippen LogP contribution in [-0.4, -0.2) is 39.8 Å². The van der Waals surface area contributed by atoms with Crippen LogP contribution in [0.25, 0.3) is 0 Å². The van der Waals surface area contributed by atoms with Crippen molar-refractivity contribution in [1.82, 2.24) is 14.7 Å². The molecule has 1 fully saturated rings. The molecule has 0 bridgehead atoms. The van der Waals surface area contributed by atoms with Crippen molar-refractivity contribution in [3.05, 3.63) is 53.3 Å². The number of rotatable bonds is 2. The van der Waals surface area contributed by atoms with E-state index in [4.69, 9.17) is 4.74 Å². The van der Waals surface area contributed by atoms with E-state index in [0.717, 1.165) is 11.3 Å². The van der Waals surface area contributed by atoms with E-state index in [9.17, 15) is 4.79 Å². The van der Waals surface area contributed by atoms with Crippen LogP contribution in [0.1, 0.15) is 34.6 Å². The van der Waals surface area contributed by atoms with Crippen molar-refractivity contribution in [2.75, 3.05) is 13.1 Å². The summed E-state index contributed by atoms with van der Waals surface area (Å²) < 4.78 is 7.74. The van der Waals surface area contributed by atoms with Crippen LogP contribution >= 0.6 is 0 Å². The zero-order valence-electron chi connectivity index (χ0n) is 13.2. The summed E-state index contributed by atoms with van der Waals surface area (Å²) in [6.45, 7) is 5.10. The summed E-state index contributed by atoms with van der Waals surface area (Å²) in [6.07, 6.45) is 1.58. The minimum Gasteiger partial charge on any atom is -0.367 e. The van der Waals surface area contributed by atoms with Crippen LogP contribution in [0, 0.1) is 6.92 Å². The number of carbonyl (C=O) groups is 1. The highest BCUT2D eigenvalue weighted by Crippen LogP contribution is 2.26. The van der Waals surface area contributed by atoms with Gasteiger partial charge in [-0.25, -0.2) is 0 Å². The fourth-order valence-corrected chi connectivity index (χ4v) is 2.85. The van der Waals surface area contributed by atoms with Gasteiger partial charge in [-0.1, -0.05) is 30.3 Å². The molecular weight excluding hydrogens is 278 g/mol. The summed E-state index contributed by atoms with van der Waals surface area (Å²) in [6, 6.07) is 10.1. The molecule has 1 amide bonds. The van der Waals surface area contributed by atoms with Crippen molar-refractivity contribution in [3.8, 4) is 0 Å². The molecule has 1 aliphatic heterocycles. The molecule has 2 heterocycles. The average Bonchev–Trinajstić information content (AvgIpc) is 2.86. The lowest BCUT2D eigenvalue weighted by atomic mass is 10.1. The van der Waals surface area contributed by atoms with Gasteiger partial charge < -0.3 is 9.64 Å². The minimum atomic E-state index is -0.0779. The second-order valence-corrected chi connectivity index (χ2v) is 5.82. The van der Waals surface area contributed by atoms with Gasteiger partial charge in [-0.3, -0.25) is 9.48 Å². The number of aryl methyl sites for hydroxylation is 1. The fraction of sp³-hybridized carbons (Fsp3) is 0.412. The number of morpholine rings is 1. The van der Waals surface area contributed by atoms with Crippen molar-refractivity contribution in [1.29, 1.82) is 0 Å². The number of hydrogen-bond donors (Lipinski definition) is 0. The van der Waals surface area contributed by atoms with Crippen LogP contribution in [0.5, 0.6) is 0 Å². The predicted octanol–water partition coefficient (Wildman–Crippen LogP) is 2.33. The lowest BCUT2D eigenvalue weighted by Gasteiger charge is -2.37. The van der Waals surface area contributed by atoms with Gasteiger partial charge in [0.05, 0.1) is 24.4 Å². The van der Waals surface area contributed by atoms with Crippen molar-refractivity contribution in [2.24, 2.45) is 7.05 Å². The molecule has 2 aromatic rings. The second kappa shape index (κ2) is 5.93. The van der Waals surface area contributed by atoms with Crippen molar-refractivity contribution < 1.29 is 9.53 Å². The third kappa shape index (κ3) is 2.76. The lowest BCUT2D eigenvalue weighted by molar-refractivity contribution is -0.0691. The third-order valence-corrected chi connectivity index (χ3v) is 4.18. The van der Waals surface area contributed by atoms with Gasteiger partial charge >= 0.3 is 0 Å². The van der Waals surface area contributed by atoms with E-state index in [1.807, 2.05) is 56.1 Å². The molecule has 3 rings (SSSR count). The Kier molecular flexibility index (Phi) is 3.98. The molecule has 1 aromatic carbocycles. The maximum Gasteiger partial charge on any atom is 0.257 e. The Balaban J connectivity index is 1.82. The first-order valence-electron chi connectivity index (χ1n) is 7.54. The number of carbonyl (C=O) groups excluding carboxylic acids is 1. The fourth-order valence-electron chi connectivity index (χ4n) is 2.85. The summed E-state index contributed by atoms with van der Waals surface area (Å²) in [5.41, 5.74) is 2.67. The molecule has 22 heavy (non-hydrogen) atoms. The van der Waals surface area contributed by atoms with Crippen LogP contribution in [0.2, 0.25) is 0 Å². The molecule has 0 radical (unpaired) electrons. The smallest absolute Gasteiger partial charge is 0.257 e. The molecule has 2 unspecified atom stereocenters. The Labute approximate surface area is 130 Å². The molecule has 0 N–H and O–H groups in total. The number of ether oxygens (including phenoxy) is 1. The highest BCUT2D eigenvalue weighted by molar-refractivity contribution is 5.95. The molecule has 1 aromatic heterocycles. The van der Waals surface area contributed by atoms with Gasteiger partial charge in [0.25, 0.3) is 5.91 Å². The zero-order valence-corrected chi connectivity index (χ0v) is 13.2. The third-order valence-electron chi connectivity index (χ3n) is 4.18.